The summed E-state index contributed by atoms with van der Waals surface area (Å²) in [6, 6.07) is 12.0. The standard InChI is InChI=1S/C18H24N2O2/c1-14-6-4-8-18(10-14)22-13-17(21)12-20(3)15(2)16-7-5-9-19-11-16/h4-11,15,17,21H,12-13H2,1-3H3. The number of aromatic nitrogens is 1. The van der Waals surface area contributed by atoms with E-state index in [2.05, 4.69) is 16.8 Å². The number of nitrogens with zero attached hydrogens (tertiary/aromatic N) is 2. The summed E-state index contributed by atoms with van der Waals surface area (Å²) in [6.07, 6.45) is 3.09. The molecular weight excluding hydrogens is 276 g/mol. The molecule has 2 aromatic rings. The Morgan fingerprint density at radius 2 is 2.09 bits per heavy atom. The number of benzene rings is 1. The first-order valence-electron chi connectivity index (χ1n) is 7.54. The van der Waals surface area contributed by atoms with Crippen molar-refractivity contribution in [2.75, 3.05) is 20.2 Å². The molecule has 0 spiro atoms. The number of rotatable bonds is 7. The first-order valence-corrected chi connectivity index (χ1v) is 7.54. The second-order valence-electron chi connectivity index (χ2n) is 5.68. The molecule has 0 aliphatic heterocycles. The van der Waals surface area contributed by atoms with E-state index in [1.165, 1.54) is 0 Å². The van der Waals surface area contributed by atoms with Gasteiger partial charge in [0.2, 0.25) is 0 Å². The Bertz CT molecular complexity index is 574. The van der Waals surface area contributed by atoms with Crippen LogP contribution in [-0.2, 0) is 0 Å². The molecule has 0 saturated carbocycles. The summed E-state index contributed by atoms with van der Waals surface area (Å²) in [5.41, 5.74) is 2.28. The quantitative estimate of drug-likeness (QED) is 0.854. The number of aryl methyl sites for hydroxylation is 1. The molecule has 4 heteroatoms. The lowest BCUT2D eigenvalue weighted by Crippen LogP contribution is -2.34. The number of aliphatic hydroxyl groups excluding tert-OH is 1. The predicted molar refractivity (Wildman–Crippen MR) is 88.0 cm³/mol. The monoisotopic (exact) mass is 300 g/mol. The van der Waals surface area contributed by atoms with Gasteiger partial charge in [0.25, 0.3) is 0 Å². The lowest BCUT2D eigenvalue weighted by Gasteiger charge is -2.27. The van der Waals surface area contributed by atoms with Gasteiger partial charge in [-0.15, -0.1) is 0 Å². The molecule has 0 aliphatic carbocycles. The molecule has 1 aromatic heterocycles. The van der Waals surface area contributed by atoms with Crippen molar-refractivity contribution in [1.29, 1.82) is 0 Å². The first-order chi connectivity index (χ1) is 10.6. The van der Waals surface area contributed by atoms with Crippen LogP contribution in [0.5, 0.6) is 5.75 Å². The van der Waals surface area contributed by atoms with Crippen molar-refractivity contribution in [2.24, 2.45) is 0 Å². The van der Waals surface area contributed by atoms with E-state index in [1.54, 1.807) is 6.20 Å². The predicted octanol–water partition coefficient (Wildman–Crippen LogP) is 2.82. The van der Waals surface area contributed by atoms with Crippen LogP contribution < -0.4 is 4.74 Å². The largest absolute Gasteiger partial charge is 0.491 e. The van der Waals surface area contributed by atoms with Gasteiger partial charge in [-0.1, -0.05) is 18.2 Å². The highest BCUT2D eigenvalue weighted by molar-refractivity contribution is 5.27. The Balaban J connectivity index is 1.82. The van der Waals surface area contributed by atoms with Crippen LogP contribution in [0.25, 0.3) is 0 Å². The number of ether oxygens (including phenoxy) is 1. The zero-order valence-electron chi connectivity index (χ0n) is 13.4. The molecule has 118 valence electrons. The number of hydrogen-bond donors (Lipinski definition) is 1. The Hall–Kier alpha value is -1.91. The summed E-state index contributed by atoms with van der Waals surface area (Å²) in [6.45, 7) is 4.95. The second-order valence-corrected chi connectivity index (χ2v) is 5.68. The zero-order valence-corrected chi connectivity index (χ0v) is 13.4. The van der Waals surface area contributed by atoms with Gasteiger partial charge in [-0.2, -0.15) is 0 Å². The van der Waals surface area contributed by atoms with Crippen molar-refractivity contribution in [3.8, 4) is 5.75 Å². The van der Waals surface area contributed by atoms with E-state index in [0.29, 0.717) is 6.54 Å². The van der Waals surface area contributed by atoms with Gasteiger partial charge in [-0.3, -0.25) is 9.88 Å². The van der Waals surface area contributed by atoms with Gasteiger partial charge in [0.05, 0.1) is 0 Å². The molecule has 1 aromatic carbocycles. The van der Waals surface area contributed by atoms with Crippen LogP contribution in [0.1, 0.15) is 24.1 Å². The molecule has 22 heavy (non-hydrogen) atoms. The summed E-state index contributed by atoms with van der Waals surface area (Å²) in [7, 11) is 1.99. The van der Waals surface area contributed by atoms with Gasteiger partial charge in [0.1, 0.15) is 18.5 Å². The molecule has 1 N–H and O–H groups in total. The highest BCUT2D eigenvalue weighted by atomic mass is 16.5. The molecule has 4 nitrogen and oxygen atoms in total. The molecule has 1 heterocycles. The zero-order chi connectivity index (χ0) is 15.9. The Morgan fingerprint density at radius 1 is 1.27 bits per heavy atom. The number of pyridine rings is 1. The third-order valence-corrected chi connectivity index (χ3v) is 3.76. The van der Waals surface area contributed by atoms with Crippen molar-refractivity contribution in [1.82, 2.24) is 9.88 Å². The van der Waals surface area contributed by atoms with E-state index >= 15 is 0 Å². The van der Waals surface area contributed by atoms with Gasteiger partial charge in [-0.05, 0) is 50.2 Å². The smallest absolute Gasteiger partial charge is 0.119 e. The number of hydrogen-bond acceptors (Lipinski definition) is 4. The minimum Gasteiger partial charge on any atom is -0.491 e. The van der Waals surface area contributed by atoms with Crippen LogP contribution in [0.4, 0.5) is 0 Å². The van der Waals surface area contributed by atoms with Crippen molar-refractivity contribution in [3.63, 3.8) is 0 Å². The van der Waals surface area contributed by atoms with E-state index in [-0.39, 0.29) is 12.6 Å². The van der Waals surface area contributed by atoms with E-state index in [0.717, 1.165) is 16.9 Å². The maximum absolute atomic E-state index is 10.2. The van der Waals surface area contributed by atoms with Crippen LogP contribution in [-0.4, -0.2) is 41.3 Å². The van der Waals surface area contributed by atoms with Crippen LogP contribution in [0.3, 0.4) is 0 Å². The number of likely N-dealkylation sites (N-methyl/N-ethyl adjacent to an activating group) is 1. The third kappa shape index (κ3) is 4.83. The van der Waals surface area contributed by atoms with Gasteiger partial charge < -0.3 is 9.84 Å². The summed E-state index contributed by atoms with van der Waals surface area (Å²) < 4.78 is 5.65. The highest BCUT2D eigenvalue weighted by Crippen LogP contribution is 2.18. The fourth-order valence-electron chi connectivity index (χ4n) is 2.32. The normalized spacial score (nSPS) is 13.9. The van der Waals surface area contributed by atoms with Crippen LogP contribution in [0.2, 0.25) is 0 Å². The Kier molecular flexibility index (Phi) is 5.92. The summed E-state index contributed by atoms with van der Waals surface area (Å²) in [5, 5.41) is 10.2. The van der Waals surface area contributed by atoms with Crippen molar-refractivity contribution in [3.05, 3.63) is 59.9 Å². The molecule has 0 saturated heterocycles. The maximum atomic E-state index is 10.2. The molecule has 2 atom stereocenters. The van der Waals surface area contributed by atoms with E-state index in [9.17, 15) is 5.11 Å². The molecule has 0 aliphatic rings. The molecule has 0 radical (unpaired) electrons. The van der Waals surface area contributed by atoms with Gasteiger partial charge >= 0.3 is 0 Å². The SMILES string of the molecule is Cc1cccc(OCC(O)CN(C)C(C)c2cccnc2)c1. The molecule has 0 amide bonds. The molecule has 2 unspecified atom stereocenters. The Labute approximate surface area is 132 Å². The summed E-state index contributed by atoms with van der Waals surface area (Å²) in [5.74, 6) is 0.794. The second kappa shape index (κ2) is 7.92. The summed E-state index contributed by atoms with van der Waals surface area (Å²) >= 11 is 0. The average Bonchev–Trinajstić information content (AvgIpc) is 2.53. The molecule has 2 rings (SSSR count). The topological polar surface area (TPSA) is 45.6 Å². The van der Waals surface area contributed by atoms with Gasteiger partial charge in [-0.25, -0.2) is 0 Å². The number of aliphatic hydroxyl groups is 1. The van der Waals surface area contributed by atoms with Crippen molar-refractivity contribution in [2.45, 2.75) is 26.0 Å². The van der Waals surface area contributed by atoms with Crippen LogP contribution >= 0.6 is 0 Å². The molecule has 0 fully saturated rings. The summed E-state index contributed by atoms with van der Waals surface area (Å²) in [4.78, 5) is 6.24. The van der Waals surface area contributed by atoms with E-state index < -0.39 is 6.10 Å². The fraction of sp³-hybridized carbons (Fsp3) is 0.389. The maximum Gasteiger partial charge on any atom is 0.119 e. The van der Waals surface area contributed by atoms with Crippen LogP contribution in [0.15, 0.2) is 48.8 Å². The third-order valence-electron chi connectivity index (χ3n) is 3.76. The lowest BCUT2D eigenvalue weighted by molar-refractivity contribution is 0.0653. The highest BCUT2D eigenvalue weighted by Gasteiger charge is 2.16. The minimum absolute atomic E-state index is 0.197. The average molecular weight is 300 g/mol. The van der Waals surface area contributed by atoms with Gasteiger partial charge in [0.15, 0.2) is 0 Å². The van der Waals surface area contributed by atoms with Crippen LogP contribution in [0, 0.1) is 6.92 Å². The molecular formula is C18H24N2O2. The fourth-order valence-corrected chi connectivity index (χ4v) is 2.32. The van der Waals surface area contributed by atoms with E-state index in [4.69, 9.17) is 4.74 Å². The Morgan fingerprint density at radius 3 is 2.77 bits per heavy atom. The lowest BCUT2D eigenvalue weighted by atomic mass is 10.1. The first kappa shape index (κ1) is 16.5. The minimum atomic E-state index is -0.537. The van der Waals surface area contributed by atoms with E-state index in [1.807, 2.05) is 56.6 Å². The molecule has 0 bridgehead atoms. The van der Waals surface area contributed by atoms with Crippen molar-refractivity contribution < 1.29 is 9.84 Å². The van der Waals surface area contributed by atoms with Crippen molar-refractivity contribution >= 4 is 0 Å². The van der Waals surface area contributed by atoms with Gasteiger partial charge in [0, 0.05) is 25.0 Å².